The van der Waals surface area contributed by atoms with Crippen molar-refractivity contribution in [3.63, 3.8) is 0 Å². The first-order valence-corrected chi connectivity index (χ1v) is 2.48. The Labute approximate surface area is 55.2 Å². The fraction of sp³-hybridized carbons (Fsp3) is 0.250. The summed E-state index contributed by atoms with van der Waals surface area (Å²) in [6.45, 7) is -0.275. The zero-order valence-electron chi connectivity index (χ0n) is 4.94. The topological polar surface area (TPSA) is 92.3 Å². The maximum absolute atomic E-state index is 10.0. The van der Waals surface area contributed by atoms with Crippen molar-refractivity contribution < 1.29 is 19.1 Å². The Morgan fingerprint density at radius 2 is 2.70 bits per heavy atom. The Hall–Kier alpha value is -1.59. The van der Waals surface area contributed by atoms with Crippen LogP contribution in [-0.2, 0) is 11.3 Å². The van der Waals surface area contributed by atoms with Crippen molar-refractivity contribution in [2.24, 2.45) is 0 Å². The molecule has 0 aliphatic rings. The quantitative estimate of drug-likeness (QED) is 0.472. The maximum atomic E-state index is 10.0. The number of aliphatic carboxylic acids is 1. The molecule has 6 heteroatoms. The van der Waals surface area contributed by atoms with Crippen molar-refractivity contribution in [3.05, 3.63) is 11.8 Å². The third-order valence-corrected chi connectivity index (χ3v) is 0.808. The molecular weight excluding hydrogens is 138 g/mol. The lowest BCUT2D eigenvalue weighted by atomic mass is 10.7. The van der Waals surface area contributed by atoms with Gasteiger partial charge < -0.3 is 9.63 Å². The van der Waals surface area contributed by atoms with Gasteiger partial charge in [-0.25, -0.2) is 9.48 Å². The second-order valence-electron chi connectivity index (χ2n) is 1.66. The summed E-state index contributed by atoms with van der Waals surface area (Å²) in [4.78, 5) is 10.0. The van der Waals surface area contributed by atoms with E-state index in [1.807, 2.05) is 0 Å². The van der Waals surface area contributed by atoms with Crippen LogP contribution in [-0.4, -0.2) is 11.1 Å². The van der Waals surface area contributed by atoms with Crippen LogP contribution in [0, 0.1) is 5.41 Å². The zero-order chi connectivity index (χ0) is 7.56. The van der Waals surface area contributed by atoms with E-state index in [0.29, 0.717) is 0 Å². The molecule has 2 N–H and O–H groups in total. The fourth-order valence-electron chi connectivity index (χ4n) is 0.492. The Morgan fingerprint density at radius 3 is 3.10 bits per heavy atom. The van der Waals surface area contributed by atoms with Crippen LogP contribution in [0.2, 0.25) is 0 Å². The van der Waals surface area contributed by atoms with Gasteiger partial charge in [0.15, 0.2) is 0 Å². The zero-order valence-corrected chi connectivity index (χ0v) is 4.94. The minimum absolute atomic E-state index is 0.152. The van der Waals surface area contributed by atoms with Crippen molar-refractivity contribution in [3.8, 4) is 0 Å². The summed E-state index contributed by atoms with van der Waals surface area (Å²) < 4.78 is 5.31. The van der Waals surface area contributed by atoms with E-state index in [-0.39, 0.29) is 12.1 Å². The number of aromatic nitrogens is 2. The molecule has 0 fully saturated rings. The van der Waals surface area contributed by atoms with Gasteiger partial charge in [-0.05, 0) is 0 Å². The summed E-state index contributed by atoms with van der Waals surface area (Å²) in [5.41, 5.74) is -0.152. The molecule has 6 nitrogen and oxygen atoms in total. The number of carboxylic acid groups (broad SMARTS) is 1. The van der Waals surface area contributed by atoms with Crippen molar-refractivity contribution in [1.82, 2.24) is 5.27 Å². The second kappa shape index (κ2) is 2.34. The van der Waals surface area contributed by atoms with Crippen LogP contribution < -0.4 is 15.5 Å². The van der Waals surface area contributed by atoms with Crippen LogP contribution in [0.3, 0.4) is 0 Å². The van der Waals surface area contributed by atoms with E-state index < -0.39 is 5.97 Å². The first-order valence-electron chi connectivity index (χ1n) is 2.48. The summed E-state index contributed by atoms with van der Waals surface area (Å²) >= 11 is 0. The molecule has 0 aliphatic heterocycles. The molecule has 0 amide bonds. The largest absolute Gasteiger partial charge is 0.487 e. The Bertz CT molecular complexity index is 286. The van der Waals surface area contributed by atoms with Crippen molar-refractivity contribution in [2.75, 3.05) is 0 Å². The van der Waals surface area contributed by atoms with Crippen molar-refractivity contribution in [2.45, 2.75) is 6.54 Å². The highest BCUT2D eigenvalue weighted by Gasteiger charge is 2.02. The summed E-state index contributed by atoms with van der Waals surface area (Å²) in [5, 5.41) is 18.3. The molecule has 0 bridgehead atoms. The third-order valence-electron chi connectivity index (χ3n) is 0.808. The molecule has 54 valence electrons. The molecule has 0 spiro atoms. The van der Waals surface area contributed by atoms with Gasteiger partial charge in [-0.15, -0.1) is 0 Å². The van der Waals surface area contributed by atoms with Crippen molar-refractivity contribution in [1.29, 1.82) is 5.41 Å². The van der Waals surface area contributed by atoms with Gasteiger partial charge in [0, 0.05) is 0 Å². The average Bonchev–Trinajstić information content (AvgIpc) is 2.13. The fourth-order valence-corrected chi connectivity index (χ4v) is 0.492. The van der Waals surface area contributed by atoms with Gasteiger partial charge in [-0.3, -0.25) is 10.7 Å². The number of carbonyl (C=O) groups is 1. The molecule has 0 saturated carbocycles. The number of nitrogens with one attached hydrogen (secondary N) is 1. The predicted octanol–water partition coefficient (Wildman–Crippen LogP) is -1.91. The molecule has 0 radical (unpaired) electrons. The van der Waals surface area contributed by atoms with Crippen LogP contribution >= 0.6 is 0 Å². The number of hydrogen-bond donors (Lipinski definition) is 2. The first kappa shape index (κ1) is 6.53. The highest BCUT2D eigenvalue weighted by molar-refractivity contribution is 5.64. The summed E-state index contributed by atoms with van der Waals surface area (Å²) in [7, 11) is 0. The highest BCUT2D eigenvalue weighted by atomic mass is 16.5. The van der Waals surface area contributed by atoms with E-state index in [1.165, 1.54) is 6.20 Å². The molecule has 0 aromatic carbocycles. The van der Waals surface area contributed by atoms with Gasteiger partial charge >= 0.3 is 5.97 Å². The van der Waals surface area contributed by atoms with E-state index in [9.17, 15) is 4.79 Å². The minimum Gasteiger partial charge on any atom is -0.487 e. The number of nitrogens with zero attached hydrogens (tertiary/aromatic N) is 2. The lowest BCUT2D eigenvalue weighted by Crippen LogP contribution is -2.40. The maximum Gasteiger partial charge on any atom is 0.369 e. The summed E-state index contributed by atoms with van der Waals surface area (Å²) in [6, 6.07) is 0. The van der Waals surface area contributed by atoms with E-state index >= 15 is 0 Å². The van der Waals surface area contributed by atoms with Crippen LogP contribution in [0.1, 0.15) is 0 Å². The molecule has 0 unspecified atom stereocenters. The monoisotopic (exact) mass is 143 g/mol. The molecule has 0 aliphatic carbocycles. The van der Waals surface area contributed by atoms with Gasteiger partial charge in [0.2, 0.25) is 12.7 Å². The molecule has 0 saturated heterocycles. The molecule has 1 rings (SSSR count). The van der Waals surface area contributed by atoms with E-state index in [2.05, 4.69) is 9.79 Å². The van der Waals surface area contributed by atoms with Gasteiger partial charge in [-0.1, -0.05) is 0 Å². The molecule has 10 heavy (non-hydrogen) atoms. The third kappa shape index (κ3) is 1.44. The average molecular weight is 143 g/mol. The molecule has 1 aromatic rings. The second-order valence-corrected chi connectivity index (χ2v) is 1.66. The van der Waals surface area contributed by atoms with Crippen LogP contribution in [0.4, 0.5) is 0 Å². The Balaban J connectivity index is 2.76. The number of hydrogen-bond acceptors (Lipinski definition) is 3. The Kier molecular flexibility index (Phi) is 1.53. The van der Waals surface area contributed by atoms with Crippen LogP contribution in [0.25, 0.3) is 0 Å². The van der Waals surface area contributed by atoms with Gasteiger partial charge in [-0.2, -0.15) is 0 Å². The van der Waals surface area contributed by atoms with Gasteiger partial charge in [0.05, 0.1) is 0 Å². The number of carboxylic acids is 1. The normalized spacial score (nSPS) is 9.60. The number of rotatable bonds is 2. The van der Waals surface area contributed by atoms with Gasteiger partial charge in [0.25, 0.3) is 5.55 Å². The van der Waals surface area contributed by atoms with E-state index in [1.54, 1.807) is 0 Å². The predicted molar refractivity (Wildman–Crippen MR) is 25.7 cm³/mol. The highest BCUT2D eigenvalue weighted by Crippen LogP contribution is 1.61. The molecule has 1 heterocycles. The summed E-state index contributed by atoms with van der Waals surface area (Å²) in [6.07, 6.45) is 1.19. The lowest BCUT2D eigenvalue weighted by Gasteiger charge is -1.88. The summed E-state index contributed by atoms with van der Waals surface area (Å²) in [5.74, 6) is -1.02. The van der Waals surface area contributed by atoms with Crippen LogP contribution in [0.5, 0.6) is 0 Å². The van der Waals surface area contributed by atoms with Crippen LogP contribution in [0.15, 0.2) is 10.7 Å². The SMILES string of the molecule is N=c1c[n+](CC(=O)O)[n-]o1. The van der Waals surface area contributed by atoms with Gasteiger partial charge in [0.1, 0.15) is 0 Å². The molecule has 1 aromatic heterocycles. The standard InChI is InChI=1S/C4H5N3O3/c5-3-1-7(6-10-3)2-4(8)9/h1,5H,2H2,(H,8,9). The minimum atomic E-state index is -1.02. The molecular formula is C4H5N3O3. The smallest absolute Gasteiger partial charge is 0.369 e. The first-order chi connectivity index (χ1) is 4.68. The lowest BCUT2D eigenvalue weighted by molar-refractivity contribution is -0.757. The Morgan fingerprint density at radius 1 is 2.00 bits per heavy atom. The van der Waals surface area contributed by atoms with E-state index in [4.69, 9.17) is 10.5 Å². The van der Waals surface area contributed by atoms with Crippen molar-refractivity contribution >= 4 is 5.97 Å². The molecule has 0 atom stereocenters. The van der Waals surface area contributed by atoms with E-state index in [0.717, 1.165) is 4.68 Å².